The molecule has 29 heavy (non-hydrogen) atoms. The first-order valence-electron chi connectivity index (χ1n) is 8.78. The van der Waals surface area contributed by atoms with Crippen LogP contribution in [0.4, 0.5) is 5.69 Å². The molecule has 2 N–H and O–H groups in total. The standard InChI is InChI=1S/C22H16ClNO5/c1-12-7-8-16(25)15(10-12)24-19(17-6-3-9-29-17)18(21(27)22(24)28)20(26)13-4-2-5-14(23)11-13/h2-11,19,25-26H,1H3/b20-18-. The second kappa shape index (κ2) is 7.14. The number of carbonyl (C=O) groups excluding carboxylic acids is 2. The zero-order valence-corrected chi connectivity index (χ0v) is 16.1. The van der Waals surface area contributed by atoms with E-state index in [4.69, 9.17) is 16.0 Å². The number of aliphatic hydroxyl groups is 1. The molecule has 7 heteroatoms. The van der Waals surface area contributed by atoms with Crippen molar-refractivity contribution in [1.82, 2.24) is 0 Å². The molecule has 1 aromatic heterocycles. The van der Waals surface area contributed by atoms with E-state index in [1.807, 2.05) is 0 Å². The van der Waals surface area contributed by atoms with Gasteiger partial charge in [0.15, 0.2) is 0 Å². The van der Waals surface area contributed by atoms with Gasteiger partial charge in [-0.3, -0.25) is 14.5 Å². The van der Waals surface area contributed by atoms with Crippen LogP contribution in [0.1, 0.15) is 22.9 Å². The van der Waals surface area contributed by atoms with Crippen LogP contribution in [0.3, 0.4) is 0 Å². The Labute approximate surface area is 171 Å². The van der Waals surface area contributed by atoms with Gasteiger partial charge in [-0.05, 0) is 48.9 Å². The molecule has 0 bridgehead atoms. The minimum Gasteiger partial charge on any atom is -0.507 e. The van der Waals surface area contributed by atoms with E-state index in [2.05, 4.69) is 0 Å². The van der Waals surface area contributed by atoms with Crippen LogP contribution < -0.4 is 4.90 Å². The first-order chi connectivity index (χ1) is 13.9. The Morgan fingerprint density at radius 2 is 1.90 bits per heavy atom. The molecular formula is C22H16ClNO5. The molecule has 1 saturated heterocycles. The van der Waals surface area contributed by atoms with Crippen LogP contribution in [-0.4, -0.2) is 21.9 Å². The van der Waals surface area contributed by atoms with Gasteiger partial charge in [0.05, 0.1) is 17.5 Å². The van der Waals surface area contributed by atoms with Crippen molar-refractivity contribution in [3.8, 4) is 5.75 Å². The molecule has 146 valence electrons. The Bertz CT molecular complexity index is 1150. The summed E-state index contributed by atoms with van der Waals surface area (Å²) in [6, 6.07) is 13.2. The van der Waals surface area contributed by atoms with Crippen molar-refractivity contribution in [1.29, 1.82) is 0 Å². The number of rotatable bonds is 3. The number of phenolic OH excluding ortho intramolecular Hbond substituents is 1. The van der Waals surface area contributed by atoms with Crippen LogP contribution in [0.5, 0.6) is 5.75 Å². The highest BCUT2D eigenvalue weighted by molar-refractivity contribution is 6.51. The van der Waals surface area contributed by atoms with Crippen molar-refractivity contribution in [2.75, 3.05) is 4.90 Å². The van der Waals surface area contributed by atoms with E-state index in [1.165, 1.54) is 18.4 Å². The lowest BCUT2D eigenvalue weighted by Crippen LogP contribution is -2.29. The monoisotopic (exact) mass is 409 g/mol. The van der Waals surface area contributed by atoms with E-state index in [9.17, 15) is 19.8 Å². The number of anilines is 1. The molecular weight excluding hydrogens is 394 g/mol. The highest BCUT2D eigenvalue weighted by Gasteiger charge is 2.49. The van der Waals surface area contributed by atoms with Crippen LogP contribution in [-0.2, 0) is 9.59 Å². The van der Waals surface area contributed by atoms with Gasteiger partial charge in [0, 0.05) is 10.6 Å². The molecule has 0 spiro atoms. The van der Waals surface area contributed by atoms with E-state index in [-0.39, 0.29) is 28.5 Å². The fourth-order valence-corrected chi connectivity index (χ4v) is 3.60. The summed E-state index contributed by atoms with van der Waals surface area (Å²) in [5, 5.41) is 21.6. The third kappa shape index (κ3) is 3.17. The summed E-state index contributed by atoms with van der Waals surface area (Å²) in [6.45, 7) is 1.80. The van der Waals surface area contributed by atoms with E-state index in [0.29, 0.717) is 10.6 Å². The zero-order valence-electron chi connectivity index (χ0n) is 15.3. The lowest BCUT2D eigenvalue weighted by molar-refractivity contribution is -0.132. The lowest BCUT2D eigenvalue weighted by Gasteiger charge is -2.24. The third-order valence-electron chi connectivity index (χ3n) is 4.75. The first kappa shape index (κ1) is 18.8. The number of halogens is 1. The van der Waals surface area contributed by atoms with Gasteiger partial charge in [0.1, 0.15) is 23.3 Å². The minimum atomic E-state index is -1.04. The second-order valence-electron chi connectivity index (χ2n) is 6.69. The Morgan fingerprint density at radius 1 is 1.10 bits per heavy atom. The SMILES string of the molecule is Cc1ccc(O)c(N2C(=O)C(=O)/C(=C(\O)c3cccc(Cl)c3)C2c2ccco2)c1. The number of benzene rings is 2. The number of Topliss-reactive ketones (excluding diaryl/α,β-unsaturated/α-hetero) is 1. The molecule has 1 fully saturated rings. The van der Waals surface area contributed by atoms with Crippen LogP contribution in [0.25, 0.3) is 5.76 Å². The average Bonchev–Trinajstić information content (AvgIpc) is 3.31. The van der Waals surface area contributed by atoms with Gasteiger partial charge >= 0.3 is 0 Å². The molecule has 1 aliphatic heterocycles. The number of aliphatic hydroxyl groups excluding tert-OH is 1. The predicted molar refractivity (Wildman–Crippen MR) is 108 cm³/mol. The predicted octanol–water partition coefficient (Wildman–Crippen LogP) is 4.57. The molecule has 1 unspecified atom stereocenters. The van der Waals surface area contributed by atoms with Gasteiger partial charge < -0.3 is 14.6 Å². The number of furan rings is 1. The normalized spacial score (nSPS) is 18.4. The topological polar surface area (TPSA) is 91.0 Å². The number of phenols is 1. The molecule has 1 atom stereocenters. The number of carbonyl (C=O) groups is 2. The Kier molecular flexibility index (Phi) is 4.64. The number of aryl methyl sites for hydroxylation is 1. The van der Waals surface area contributed by atoms with Gasteiger partial charge in [0.25, 0.3) is 11.7 Å². The highest BCUT2D eigenvalue weighted by atomic mass is 35.5. The fourth-order valence-electron chi connectivity index (χ4n) is 3.41. The first-order valence-corrected chi connectivity index (χ1v) is 9.16. The minimum absolute atomic E-state index is 0.145. The van der Waals surface area contributed by atoms with Gasteiger partial charge in [-0.25, -0.2) is 0 Å². The maximum atomic E-state index is 12.9. The van der Waals surface area contributed by atoms with Crippen LogP contribution in [0.2, 0.25) is 5.02 Å². The van der Waals surface area contributed by atoms with Gasteiger partial charge in [-0.1, -0.05) is 29.8 Å². The fraction of sp³-hybridized carbons (Fsp3) is 0.0909. The van der Waals surface area contributed by atoms with Gasteiger partial charge in [0.2, 0.25) is 0 Å². The molecule has 4 rings (SSSR count). The number of hydrogen-bond acceptors (Lipinski definition) is 5. The maximum absolute atomic E-state index is 12.9. The van der Waals surface area contributed by atoms with Crippen LogP contribution in [0.15, 0.2) is 70.9 Å². The van der Waals surface area contributed by atoms with Crippen LogP contribution in [0, 0.1) is 6.92 Å². The molecule has 0 saturated carbocycles. The summed E-state index contributed by atoms with van der Waals surface area (Å²) >= 11 is 6.01. The quantitative estimate of drug-likeness (QED) is 0.375. The average molecular weight is 410 g/mol. The summed E-state index contributed by atoms with van der Waals surface area (Å²) in [7, 11) is 0. The summed E-state index contributed by atoms with van der Waals surface area (Å²) < 4.78 is 5.48. The Morgan fingerprint density at radius 3 is 2.59 bits per heavy atom. The van der Waals surface area contributed by atoms with Crippen molar-refractivity contribution in [2.24, 2.45) is 0 Å². The zero-order chi connectivity index (χ0) is 20.7. The smallest absolute Gasteiger partial charge is 0.300 e. The third-order valence-corrected chi connectivity index (χ3v) is 4.98. The van der Waals surface area contributed by atoms with Crippen molar-refractivity contribution in [3.05, 3.63) is 88.3 Å². The highest BCUT2D eigenvalue weighted by Crippen LogP contribution is 2.45. The number of nitrogens with zero attached hydrogens (tertiary/aromatic N) is 1. The summed E-state index contributed by atoms with van der Waals surface area (Å²) in [4.78, 5) is 27.0. The molecule has 2 aromatic carbocycles. The van der Waals surface area contributed by atoms with E-state index in [1.54, 1.807) is 49.4 Å². The number of hydrogen-bond donors (Lipinski definition) is 2. The Hall–Kier alpha value is -3.51. The number of amides is 1. The van der Waals surface area contributed by atoms with Gasteiger partial charge in [-0.15, -0.1) is 0 Å². The van der Waals surface area contributed by atoms with Gasteiger partial charge in [-0.2, -0.15) is 0 Å². The molecule has 1 aliphatic rings. The Balaban J connectivity index is 1.97. The molecule has 6 nitrogen and oxygen atoms in total. The van der Waals surface area contributed by atoms with Crippen molar-refractivity contribution in [3.63, 3.8) is 0 Å². The lowest BCUT2D eigenvalue weighted by atomic mass is 9.99. The summed E-state index contributed by atoms with van der Waals surface area (Å²) in [5.74, 6) is -2.03. The summed E-state index contributed by atoms with van der Waals surface area (Å²) in [6.07, 6.45) is 1.41. The van der Waals surface area contributed by atoms with E-state index in [0.717, 1.165) is 10.5 Å². The van der Waals surface area contributed by atoms with E-state index >= 15 is 0 Å². The van der Waals surface area contributed by atoms with E-state index < -0.39 is 17.7 Å². The molecule has 1 amide bonds. The maximum Gasteiger partial charge on any atom is 0.300 e. The largest absolute Gasteiger partial charge is 0.507 e. The number of ketones is 1. The molecule has 0 radical (unpaired) electrons. The number of aromatic hydroxyl groups is 1. The van der Waals surface area contributed by atoms with Crippen molar-refractivity contribution < 1.29 is 24.2 Å². The molecule has 0 aliphatic carbocycles. The summed E-state index contributed by atoms with van der Waals surface area (Å²) in [5.41, 5.74) is 1.08. The van der Waals surface area contributed by atoms with Crippen molar-refractivity contribution >= 4 is 34.7 Å². The molecule has 3 aromatic rings. The van der Waals surface area contributed by atoms with Crippen molar-refractivity contribution in [2.45, 2.75) is 13.0 Å². The van der Waals surface area contributed by atoms with Crippen LogP contribution >= 0.6 is 11.6 Å². The molecule has 2 heterocycles. The second-order valence-corrected chi connectivity index (χ2v) is 7.12.